The number of primary amides is 1. The van der Waals surface area contributed by atoms with E-state index < -0.39 is 0 Å². The first-order chi connectivity index (χ1) is 11.0. The van der Waals surface area contributed by atoms with Crippen molar-refractivity contribution in [1.29, 1.82) is 0 Å². The number of aryl methyl sites for hydroxylation is 2. The van der Waals surface area contributed by atoms with Crippen molar-refractivity contribution in [2.24, 2.45) is 10.7 Å². The highest BCUT2D eigenvalue weighted by atomic mass is 16.1. The molecule has 116 valence electrons. The molecule has 0 fully saturated rings. The largest absolute Gasteiger partial charge is 0.368 e. The molecular formula is C19H19N3O. The van der Waals surface area contributed by atoms with E-state index in [1.807, 2.05) is 47.3 Å². The van der Waals surface area contributed by atoms with E-state index in [0.29, 0.717) is 0 Å². The molecule has 0 radical (unpaired) electrons. The third-order valence-corrected chi connectivity index (χ3v) is 3.99. The highest BCUT2D eigenvalue weighted by Gasteiger charge is 2.08. The Labute approximate surface area is 135 Å². The number of benzene rings is 2. The number of hydrogen-bond acceptors (Lipinski definition) is 2. The SMILES string of the molecule is Cc1ccc(N=Cc2cn(CC(N)=O)c3ccccc23)cc1C. The number of aliphatic imine (C=N–C) groups is 1. The Bertz CT molecular complexity index is 906. The first-order valence-corrected chi connectivity index (χ1v) is 7.52. The summed E-state index contributed by atoms with van der Waals surface area (Å²) in [5, 5.41) is 1.06. The maximum atomic E-state index is 11.2. The second-order valence-corrected chi connectivity index (χ2v) is 5.72. The predicted octanol–water partition coefficient (Wildman–Crippen LogP) is 3.49. The number of rotatable bonds is 4. The van der Waals surface area contributed by atoms with Gasteiger partial charge in [-0.2, -0.15) is 0 Å². The molecule has 2 aromatic carbocycles. The van der Waals surface area contributed by atoms with Crippen LogP contribution in [0.5, 0.6) is 0 Å². The van der Waals surface area contributed by atoms with Crippen LogP contribution >= 0.6 is 0 Å². The number of para-hydroxylation sites is 1. The molecule has 0 aliphatic carbocycles. The molecule has 0 spiro atoms. The van der Waals surface area contributed by atoms with Crippen molar-refractivity contribution >= 4 is 28.7 Å². The van der Waals surface area contributed by atoms with Crippen LogP contribution in [-0.2, 0) is 11.3 Å². The van der Waals surface area contributed by atoms with Gasteiger partial charge in [0.25, 0.3) is 0 Å². The van der Waals surface area contributed by atoms with Gasteiger partial charge in [0.1, 0.15) is 6.54 Å². The summed E-state index contributed by atoms with van der Waals surface area (Å²) in [5.41, 5.74) is 10.7. The van der Waals surface area contributed by atoms with E-state index in [2.05, 4.69) is 31.0 Å². The molecule has 0 aliphatic rings. The molecule has 23 heavy (non-hydrogen) atoms. The summed E-state index contributed by atoms with van der Waals surface area (Å²) in [4.78, 5) is 15.8. The minimum atomic E-state index is -0.358. The number of nitrogens with two attached hydrogens (primary N) is 1. The lowest BCUT2D eigenvalue weighted by atomic mass is 10.1. The van der Waals surface area contributed by atoms with Gasteiger partial charge >= 0.3 is 0 Å². The minimum absolute atomic E-state index is 0.165. The van der Waals surface area contributed by atoms with Gasteiger partial charge in [0.15, 0.2) is 0 Å². The summed E-state index contributed by atoms with van der Waals surface area (Å²) in [7, 11) is 0. The summed E-state index contributed by atoms with van der Waals surface area (Å²) >= 11 is 0. The zero-order valence-corrected chi connectivity index (χ0v) is 13.3. The molecule has 3 rings (SSSR count). The third kappa shape index (κ3) is 3.16. The lowest BCUT2D eigenvalue weighted by Crippen LogP contribution is -2.17. The summed E-state index contributed by atoms with van der Waals surface area (Å²) in [5.74, 6) is -0.358. The van der Waals surface area contributed by atoms with Gasteiger partial charge in [-0.15, -0.1) is 0 Å². The summed E-state index contributed by atoms with van der Waals surface area (Å²) in [6, 6.07) is 14.1. The smallest absolute Gasteiger partial charge is 0.237 e. The monoisotopic (exact) mass is 305 g/mol. The number of aromatic nitrogens is 1. The van der Waals surface area contributed by atoms with E-state index in [0.717, 1.165) is 22.2 Å². The Morgan fingerprint density at radius 3 is 2.70 bits per heavy atom. The van der Waals surface area contributed by atoms with Crippen LogP contribution in [0.3, 0.4) is 0 Å². The molecule has 0 bridgehead atoms. The normalized spacial score (nSPS) is 11.4. The Hall–Kier alpha value is -2.88. The number of hydrogen-bond donors (Lipinski definition) is 1. The van der Waals surface area contributed by atoms with E-state index in [1.165, 1.54) is 11.1 Å². The van der Waals surface area contributed by atoms with Crippen LogP contribution in [-0.4, -0.2) is 16.7 Å². The molecule has 0 aliphatic heterocycles. The fourth-order valence-electron chi connectivity index (χ4n) is 2.63. The summed E-state index contributed by atoms with van der Waals surface area (Å²) < 4.78 is 1.86. The van der Waals surface area contributed by atoms with E-state index in [-0.39, 0.29) is 12.5 Å². The molecule has 3 aromatic rings. The summed E-state index contributed by atoms with van der Waals surface area (Å²) in [6.45, 7) is 4.32. The maximum absolute atomic E-state index is 11.2. The van der Waals surface area contributed by atoms with E-state index in [1.54, 1.807) is 0 Å². The molecule has 1 heterocycles. The minimum Gasteiger partial charge on any atom is -0.368 e. The zero-order valence-electron chi connectivity index (χ0n) is 13.3. The van der Waals surface area contributed by atoms with Crippen LogP contribution in [0.4, 0.5) is 5.69 Å². The lowest BCUT2D eigenvalue weighted by Gasteiger charge is -2.00. The van der Waals surface area contributed by atoms with Crippen molar-refractivity contribution in [2.75, 3.05) is 0 Å². The number of amides is 1. The van der Waals surface area contributed by atoms with Gasteiger partial charge in [-0.1, -0.05) is 24.3 Å². The van der Waals surface area contributed by atoms with Gasteiger partial charge in [0.2, 0.25) is 5.91 Å². The number of fused-ring (bicyclic) bond motifs is 1. The molecular weight excluding hydrogens is 286 g/mol. The number of nitrogens with zero attached hydrogens (tertiary/aromatic N) is 2. The van der Waals surface area contributed by atoms with Crippen LogP contribution in [0, 0.1) is 13.8 Å². The van der Waals surface area contributed by atoms with Gasteiger partial charge in [0, 0.05) is 28.9 Å². The second kappa shape index (κ2) is 6.08. The quantitative estimate of drug-likeness (QED) is 0.737. The van der Waals surface area contributed by atoms with Gasteiger partial charge in [-0.25, -0.2) is 0 Å². The Kier molecular flexibility index (Phi) is 3.98. The first kappa shape index (κ1) is 15.0. The highest BCUT2D eigenvalue weighted by Crippen LogP contribution is 2.22. The standard InChI is InChI=1S/C19H19N3O/c1-13-7-8-16(9-14(13)2)21-10-15-11-22(12-19(20)23)18-6-4-3-5-17(15)18/h3-11H,12H2,1-2H3,(H2,20,23). The molecule has 1 amide bonds. The topological polar surface area (TPSA) is 60.4 Å². The van der Waals surface area contributed by atoms with Crippen LogP contribution in [0.25, 0.3) is 10.9 Å². The van der Waals surface area contributed by atoms with Crippen molar-refractivity contribution in [2.45, 2.75) is 20.4 Å². The molecule has 0 saturated heterocycles. The average Bonchev–Trinajstić information content (AvgIpc) is 2.86. The molecule has 4 nitrogen and oxygen atoms in total. The van der Waals surface area contributed by atoms with E-state index >= 15 is 0 Å². The predicted molar refractivity (Wildman–Crippen MR) is 94.3 cm³/mol. The van der Waals surface area contributed by atoms with Crippen LogP contribution in [0.15, 0.2) is 53.7 Å². The van der Waals surface area contributed by atoms with Crippen molar-refractivity contribution in [3.63, 3.8) is 0 Å². The maximum Gasteiger partial charge on any atom is 0.237 e. The molecule has 2 N–H and O–H groups in total. The van der Waals surface area contributed by atoms with Gasteiger partial charge in [-0.3, -0.25) is 9.79 Å². The van der Waals surface area contributed by atoms with Gasteiger partial charge in [0.05, 0.1) is 5.69 Å². The Balaban J connectivity index is 2.00. The lowest BCUT2D eigenvalue weighted by molar-refractivity contribution is -0.118. The van der Waals surface area contributed by atoms with Crippen molar-refractivity contribution in [3.05, 3.63) is 65.4 Å². The van der Waals surface area contributed by atoms with E-state index in [9.17, 15) is 4.79 Å². The second-order valence-electron chi connectivity index (χ2n) is 5.72. The average molecular weight is 305 g/mol. The molecule has 4 heteroatoms. The molecule has 0 saturated carbocycles. The van der Waals surface area contributed by atoms with Crippen molar-refractivity contribution < 1.29 is 4.79 Å². The van der Waals surface area contributed by atoms with Gasteiger partial charge in [-0.05, 0) is 43.2 Å². The molecule has 0 atom stereocenters. The van der Waals surface area contributed by atoms with Crippen molar-refractivity contribution in [3.8, 4) is 0 Å². The summed E-state index contributed by atoms with van der Waals surface area (Å²) in [6.07, 6.45) is 3.75. The third-order valence-electron chi connectivity index (χ3n) is 3.99. The number of carbonyl (C=O) groups excluding carboxylic acids is 1. The molecule has 1 aromatic heterocycles. The van der Waals surface area contributed by atoms with E-state index in [4.69, 9.17) is 5.73 Å². The van der Waals surface area contributed by atoms with Crippen LogP contribution in [0.1, 0.15) is 16.7 Å². The van der Waals surface area contributed by atoms with Crippen LogP contribution < -0.4 is 5.73 Å². The zero-order chi connectivity index (χ0) is 16.4. The fourth-order valence-corrected chi connectivity index (χ4v) is 2.63. The molecule has 0 unspecified atom stereocenters. The Morgan fingerprint density at radius 2 is 1.96 bits per heavy atom. The number of carbonyl (C=O) groups is 1. The first-order valence-electron chi connectivity index (χ1n) is 7.52. The van der Waals surface area contributed by atoms with Crippen molar-refractivity contribution in [1.82, 2.24) is 4.57 Å². The van der Waals surface area contributed by atoms with Crippen LogP contribution in [0.2, 0.25) is 0 Å². The fraction of sp³-hybridized carbons (Fsp3) is 0.158. The highest BCUT2D eigenvalue weighted by molar-refractivity contribution is 6.00. The van der Waals surface area contributed by atoms with Gasteiger partial charge < -0.3 is 10.3 Å². The Morgan fingerprint density at radius 1 is 1.17 bits per heavy atom.